The Morgan fingerprint density at radius 1 is 1.59 bits per heavy atom. The van der Waals surface area contributed by atoms with Gasteiger partial charge in [-0.15, -0.1) is 0 Å². The molecule has 1 atom stereocenters. The van der Waals surface area contributed by atoms with Crippen LogP contribution in [0.25, 0.3) is 0 Å². The van der Waals surface area contributed by atoms with E-state index in [2.05, 4.69) is 0 Å². The molecule has 1 aliphatic heterocycles. The zero-order valence-corrected chi connectivity index (χ0v) is 9.42. The highest BCUT2D eigenvalue weighted by atomic mass is 16.5. The molecule has 0 saturated heterocycles. The summed E-state index contributed by atoms with van der Waals surface area (Å²) in [6.45, 7) is 2.05. The third-order valence-corrected chi connectivity index (χ3v) is 2.63. The van der Waals surface area contributed by atoms with Gasteiger partial charge in [0.25, 0.3) is 0 Å². The first kappa shape index (κ1) is 11.9. The van der Waals surface area contributed by atoms with Gasteiger partial charge in [-0.3, -0.25) is 4.79 Å². The van der Waals surface area contributed by atoms with Crippen LogP contribution in [0.3, 0.4) is 0 Å². The smallest absolute Gasteiger partial charge is 0.492 e. The fourth-order valence-electron chi connectivity index (χ4n) is 1.90. The van der Waals surface area contributed by atoms with Gasteiger partial charge in [0.1, 0.15) is 5.75 Å². The van der Waals surface area contributed by atoms with Crippen molar-refractivity contribution >= 4 is 18.6 Å². The van der Waals surface area contributed by atoms with Gasteiger partial charge < -0.3 is 19.5 Å². The molecule has 0 fully saturated rings. The standard InChI is InChI=1S/C11H13BO5/c1-2-16-11(14)6-10-8-4-3-7(13)5-9(8)12(15)17-10/h3-5,10,13,15H,2,6H2,1H3/t10-/m0/s1. The first-order chi connectivity index (χ1) is 8.11. The van der Waals surface area contributed by atoms with E-state index in [0.717, 1.165) is 0 Å². The summed E-state index contributed by atoms with van der Waals surface area (Å²) in [5.41, 5.74) is 1.21. The van der Waals surface area contributed by atoms with Crippen LogP contribution in [0.15, 0.2) is 18.2 Å². The maximum atomic E-state index is 11.3. The van der Waals surface area contributed by atoms with Gasteiger partial charge in [-0.2, -0.15) is 0 Å². The Bertz CT molecular complexity index is 434. The van der Waals surface area contributed by atoms with E-state index in [1.165, 1.54) is 12.1 Å². The molecular formula is C11H13BO5. The molecule has 0 unspecified atom stereocenters. The van der Waals surface area contributed by atoms with Crippen LogP contribution in [0.1, 0.15) is 25.0 Å². The second kappa shape index (κ2) is 4.77. The van der Waals surface area contributed by atoms with Crippen LogP contribution in [0.5, 0.6) is 5.75 Å². The Hall–Kier alpha value is -1.53. The number of phenols is 1. The van der Waals surface area contributed by atoms with Crippen LogP contribution in [0, 0.1) is 0 Å². The largest absolute Gasteiger partial charge is 0.508 e. The van der Waals surface area contributed by atoms with Gasteiger partial charge in [-0.05, 0) is 30.1 Å². The summed E-state index contributed by atoms with van der Waals surface area (Å²) in [6, 6.07) is 4.58. The molecule has 2 N–H and O–H groups in total. The summed E-state index contributed by atoms with van der Waals surface area (Å²) in [4.78, 5) is 11.3. The minimum Gasteiger partial charge on any atom is -0.508 e. The summed E-state index contributed by atoms with van der Waals surface area (Å²) < 4.78 is 10.1. The number of carbonyl (C=O) groups is 1. The number of carbonyl (C=O) groups excluding carboxylic acids is 1. The highest BCUT2D eigenvalue weighted by Crippen LogP contribution is 2.28. The number of ether oxygens (including phenoxy) is 1. The molecule has 0 radical (unpaired) electrons. The molecule has 1 heterocycles. The topological polar surface area (TPSA) is 76.0 Å². The first-order valence-electron chi connectivity index (χ1n) is 5.43. The second-order valence-corrected chi connectivity index (χ2v) is 3.80. The average molecular weight is 236 g/mol. The van der Waals surface area contributed by atoms with Gasteiger partial charge in [0.15, 0.2) is 0 Å². The van der Waals surface area contributed by atoms with Gasteiger partial charge in [0.05, 0.1) is 19.1 Å². The zero-order chi connectivity index (χ0) is 12.4. The minimum atomic E-state index is -1.10. The first-order valence-corrected chi connectivity index (χ1v) is 5.43. The Morgan fingerprint density at radius 3 is 3.06 bits per heavy atom. The molecule has 17 heavy (non-hydrogen) atoms. The quantitative estimate of drug-likeness (QED) is 0.575. The number of benzene rings is 1. The van der Waals surface area contributed by atoms with E-state index in [-0.39, 0.29) is 18.1 Å². The summed E-state index contributed by atoms with van der Waals surface area (Å²) in [5, 5.41) is 18.9. The maximum absolute atomic E-state index is 11.3. The molecule has 0 spiro atoms. The van der Waals surface area contributed by atoms with Gasteiger partial charge in [0.2, 0.25) is 0 Å². The maximum Gasteiger partial charge on any atom is 0.492 e. The number of esters is 1. The van der Waals surface area contributed by atoms with Gasteiger partial charge >= 0.3 is 13.1 Å². The molecule has 0 aromatic heterocycles. The molecular weight excluding hydrogens is 223 g/mol. The highest BCUT2D eigenvalue weighted by molar-refractivity contribution is 6.61. The van der Waals surface area contributed by atoms with E-state index >= 15 is 0 Å². The van der Waals surface area contributed by atoms with E-state index in [4.69, 9.17) is 9.39 Å². The van der Waals surface area contributed by atoms with E-state index in [9.17, 15) is 14.9 Å². The lowest BCUT2D eigenvalue weighted by Gasteiger charge is -2.11. The average Bonchev–Trinajstić information content (AvgIpc) is 2.56. The summed E-state index contributed by atoms with van der Waals surface area (Å²) >= 11 is 0. The van der Waals surface area contributed by atoms with E-state index in [1.807, 2.05) is 0 Å². The summed E-state index contributed by atoms with van der Waals surface area (Å²) in [5.74, 6) is -0.311. The van der Waals surface area contributed by atoms with Gasteiger partial charge in [-0.1, -0.05) is 6.07 Å². The Morgan fingerprint density at radius 2 is 2.35 bits per heavy atom. The van der Waals surface area contributed by atoms with Crippen molar-refractivity contribution in [2.24, 2.45) is 0 Å². The van der Waals surface area contributed by atoms with Crippen LogP contribution < -0.4 is 5.46 Å². The SMILES string of the molecule is CCOC(=O)C[C@@H]1OB(O)c2cc(O)ccc21. The molecule has 0 amide bonds. The third-order valence-electron chi connectivity index (χ3n) is 2.63. The molecule has 5 nitrogen and oxygen atoms in total. The number of rotatable bonds is 3. The molecule has 0 bridgehead atoms. The lowest BCUT2D eigenvalue weighted by atomic mass is 9.79. The lowest BCUT2D eigenvalue weighted by Crippen LogP contribution is -2.27. The molecule has 0 saturated carbocycles. The molecule has 2 rings (SSSR count). The van der Waals surface area contributed by atoms with Crippen molar-refractivity contribution in [2.45, 2.75) is 19.4 Å². The summed E-state index contributed by atoms with van der Waals surface area (Å²) in [7, 11) is -1.10. The van der Waals surface area contributed by atoms with Crippen molar-refractivity contribution in [3.63, 3.8) is 0 Å². The number of aromatic hydroxyl groups is 1. The van der Waals surface area contributed by atoms with Crippen LogP contribution in [0.2, 0.25) is 0 Å². The van der Waals surface area contributed by atoms with Crippen molar-refractivity contribution in [3.05, 3.63) is 23.8 Å². The van der Waals surface area contributed by atoms with Gasteiger partial charge in [0, 0.05) is 0 Å². The second-order valence-electron chi connectivity index (χ2n) is 3.80. The number of phenolic OH excluding ortho intramolecular Hbond substituents is 1. The predicted octanol–water partition coefficient (Wildman–Crippen LogP) is 0.104. The third kappa shape index (κ3) is 2.43. The lowest BCUT2D eigenvalue weighted by molar-refractivity contribution is -0.145. The predicted molar refractivity (Wildman–Crippen MR) is 60.8 cm³/mol. The van der Waals surface area contributed by atoms with Crippen LogP contribution >= 0.6 is 0 Å². The van der Waals surface area contributed by atoms with Crippen LogP contribution in [0.4, 0.5) is 0 Å². The Balaban J connectivity index is 2.16. The van der Waals surface area contributed by atoms with E-state index in [0.29, 0.717) is 17.6 Å². The van der Waals surface area contributed by atoms with Crippen molar-refractivity contribution < 1.29 is 24.3 Å². The number of hydrogen-bond donors (Lipinski definition) is 2. The van der Waals surface area contributed by atoms with Crippen molar-refractivity contribution in [3.8, 4) is 5.75 Å². The fourth-order valence-corrected chi connectivity index (χ4v) is 1.90. The van der Waals surface area contributed by atoms with E-state index < -0.39 is 13.2 Å². The molecule has 6 heteroatoms. The highest BCUT2D eigenvalue weighted by Gasteiger charge is 2.36. The fraction of sp³-hybridized carbons (Fsp3) is 0.364. The number of fused-ring (bicyclic) bond motifs is 1. The normalized spacial score (nSPS) is 18.0. The zero-order valence-electron chi connectivity index (χ0n) is 9.42. The van der Waals surface area contributed by atoms with Crippen LogP contribution in [-0.4, -0.2) is 29.8 Å². The Labute approximate surface area is 99.1 Å². The summed E-state index contributed by atoms with van der Waals surface area (Å²) in [6.07, 6.45) is -0.456. The van der Waals surface area contributed by atoms with Crippen molar-refractivity contribution in [1.82, 2.24) is 0 Å². The van der Waals surface area contributed by atoms with Gasteiger partial charge in [-0.25, -0.2) is 0 Å². The minimum absolute atomic E-state index is 0.0582. The molecule has 1 aliphatic rings. The molecule has 1 aromatic rings. The monoisotopic (exact) mass is 236 g/mol. The van der Waals surface area contributed by atoms with Crippen LogP contribution in [-0.2, 0) is 14.2 Å². The Kier molecular flexibility index (Phi) is 3.35. The van der Waals surface area contributed by atoms with E-state index in [1.54, 1.807) is 13.0 Å². The van der Waals surface area contributed by atoms with Crippen molar-refractivity contribution in [1.29, 1.82) is 0 Å². The molecule has 90 valence electrons. The van der Waals surface area contributed by atoms with Crippen molar-refractivity contribution in [2.75, 3.05) is 6.61 Å². The molecule has 1 aromatic carbocycles. The number of hydrogen-bond acceptors (Lipinski definition) is 5. The molecule has 0 aliphatic carbocycles.